The summed E-state index contributed by atoms with van der Waals surface area (Å²) in [6.45, 7) is 2.60. The molecule has 0 unspecified atom stereocenters. The Morgan fingerprint density at radius 2 is 1.59 bits per heavy atom. The molecule has 1 aliphatic rings. The molecule has 7 nitrogen and oxygen atoms in total. The smallest absolute Gasteiger partial charge is 0.257 e. The van der Waals surface area contributed by atoms with Crippen molar-refractivity contribution in [2.45, 2.75) is 0 Å². The summed E-state index contributed by atoms with van der Waals surface area (Å²) >= 11 is 0. The average Bonchev–Trinajstić information content (AvgIpc) is 2.80. The van der Waals surface area contributed by atoms with Crippen molar-refractivity contribution >= 4 is 11.7 Å². The fraction of sp³-hybridized carbons (Fsp3) is 0.227. The molecule has 148 valence electrons. The van der Waals surface area contributed by atoms with Gasteiger partial charge in [0.15, 0.2) is 5.82 Å². The minimum absolute atomic E-state index is 0.0141. The summed E-state index contributed by atoms with van der Waals surface area (Å²) in [5, 5.41) is 8.44. The molecule has 0 spiro atoms. The number of rotatable bonds is 5. The topological polar surface area (TPSA) is 67.8 Å². The van der Waals surface area contributed by atoms with Crippen molar-refractivity contribution in [2.24, 2.45) is 0 Å². The molecule has 2 heterocycles. The van der Waals surface area contributed by atoms with Gasteiger partial charge in [-0.1, -0.05) is 30.3 Å². The van der Waals surface area contributed by atoms with E-state index in [-0.39, 0.29) is 5.91 Å². The molecule has 0 saturated carbocycles. The minimum Gasteiger partial charge on any atom is -0.496 e. The average molecular weight is 390 g/mol. The van der Waals surface area contributed by atoms with Crippen molar-refractivity contribution in [1.82, 2.24) is 15.1 Å². The van der Waals surface area contributed by atoms with Crippen LogP contribution in [0.2, 0.25) is 0 Å². The Kier molecular flexibility index (Phi) is 5.56. The lowest BCUT2D eigenvalue weighted by Crippen LogP contribution is -2.49. The Morgan fingerprint density at radius 1 is 0.862 bits per heavy atom. The molecule has 0 bridgehead atoms. The summed E-state index contributed by atoms with van der Waals surface area (Å²) in [5.41, 5.74) is 0.589. The molecule has 3 aromatic rings. The molecule has 4 rings (SSSR count). The number of hydrogen-bond donors (Lipinski definition) is 0. The van der Waals surface area contributed by atoms with Crippen molar-refractivity contribution < 1.29 is 14.3 Å². The highest BCUT2D eigenvalue weighted by Crippen LogP contribution is 2.22. The summed E-state index contributed by atoms with van der Waals surface area (Å²) in [5.74, 6) is 2.53. The lowest BCUT2D eigenvalue weighted by atomic mass is 10.1. The van der Waals surface area contributed by atoms with Gasteiger partial charge in [-0.25, -0.2) is 0 Å². The number of para-hydroxylation sites is 2. The largest absolute Gasteiger partial charge is 0.496 e. The second kappa shape index (κ2) is 8.60. The zero-order valence-electron chi connectivity index (χ0n) is 16.2. The first-order valence-corrected chi connectivity index (χ1v) is 9.48. The van der Waals surface area contributed by atoms with E-state index in [0.717, 1.165) is 11.6 Å². The molecular formula is C22H22N4O3. The molecule has 0 radical (unpaired) electrons. The number of benzene rings is 2. The van der Waals surface area contributed by atoms with Gasteiger partial charge in [-0.2, -0.15) is 0 Å². The van der Waals surface area contributed by atoms with E-state index in [0.29, 0.717) is 43.4 Å². The molecule has 7 heteroatoms. The Hall–Kier alpha value is -3.61. The first-order chi connectivity index (χ1) is 14.2. The molecule has 0 atom stereocenters. The van der Waals surface area contributed by atoms with Crippen LogP contribution in [0, 0.1) is 0 Å². The Bertz CT molecular complexity index is 955. The third-order valence-corrected chi connectivity index (χ3v) is 4.82. The van der Waals surface area contributed by atoms with Gasteiger partial charge in [0.1, 0.15) is 11.5 Å². The van der Waals surface area contributed by atoms with E-state index >= 15 is 0 Å². The van der Waals surface area contributed by atoms with Crippen LogP contribution in [-0.4, -0.2) is 54.3 Å². The molecule has 1 aliphatic heterocycles. The molecule has 1 aromatic heterocycles. The maximum Gasteiger partial charge on any atom is 0.257 e. The standard InChI is InChI=1S/C22H22N4O3/c1-28-19-10-6-5-9-18(19)22(27)26-15-13-25(14-16-26)20-11-12-21(24-23-20)29-17-7-3-2-4-8-17/h2-12H,13-16H2,1H3. The quantitative estimate of drug-likeness (QED) is 0.666. The van der Waals surface area contributed by atoms with Gasteiger partial charge in [0, 0.05) is 32.2 Å². The van der Waals surface area contributed by atoms with Crippen molar-refractivity contribution in [3.05, 3.63) is 72.3 Å². The molecular weight excluding hydrogens is 368 g/mol. The van der Waals surface area contributed by atoms with Crippen LogP contribution in [-0.2, 0) is 0 Å². The second-order valence-corrected chi connectivity index (χ2v) is 6.62. The van der Waals surface area contributed by atoms with Crippen LogP contribution in [0.4, 0.5) is 5.82 Å². The van der Waals surface area contributed by atoms with Gasteiger partial charge in [0.25, 0.3) is 5.91 Å². The van der Waals surface area contributed by atoms with Gasteiger partial charge in [0.05, 0.1) is 12.7 Å². The minimum atomic E-state index is -0.0141. The molecule has 2 aromatic carbocycles. The van der Waals surface area contributed by atoms with E-state index in [9.17, 15) is 4.79 Å². The highest BCUT2D eigenvalue weighted by molar-refractivity contribution is 5.97. The number of amides is 1. The van der Waals surface area contributed by atoms with Crippen LogP contribution >= 0.6 is 0 Å². The van der Waals surface area contributed by atoms with E-state index in [4.69, 9.17) is 9.47 Å². The molecule has 0 N–H and O–H groups in total. The number of ether oxygens (including phenoxy) is 2. The fourth-order valence-corrected chi connectivity index (χ4v) is 3.28. The van der Waals surface area contributed by atoms with Gasteiger partial charge in [-0.3, -0.25) is 4.79 Å². The summed E-state index contributed by atoms with van der Waals surface area (Å²) in [6.07, 6.45) is 0. The third-order valence-electron chi connectivity index (χ3n) is 4.82. The maximum absolute atomic E-state index is 12.8. The van der Waals surface area contributed by atoms with Crippen molar-refractivity contribution in [3.63, 3.8) is 0 Å². The predicted octanol–water partition coefficient (Wildman–Crippen LogP) is 3.24. The summed E-state index contributed by atoms with van der Waals surface area (Å²) < 4.78 is 11.0. The van der Waals surface area contributed by atoms with Crippen LogP contribution in [0.25, 0.3) is 0 Å². The van der Waals surface area contributed by atoms with Crippen molar-refractivity contribution in [2.75, 3.05) is 38.2 Å². The molecule has 1 amide bonds. The molecule has 1 saturated heterocycles. The highest BCUT2D eigenvalue weighted by atomic mass is 16.5. The summed E-state index contributed by atoms with van der Waals surface area (Å²) in [4.78, 5) is 16.8. The van der Waals surface area contributed by atoms with Gasteiger partial charge in [0.2, 0.25) is 5.88 Å². The SMILES string of the molecule is COc1ccccc1C(=O)N1CCN(c2ccc(Oc3ccccc3)nn2)CC1. The third kappa shape index (κ3) is 4.29. The van der Waals surface area contributed by atoms with Gasteiger partial charge < -0.3 is 19.3 Å². The second-order valence-electron chi connectivity index (χ2n) is 6.62. The summed E-state index contributed by atoms with van der Waals surface area (Å²) in [7, 11) is 1.58. The lowest BCUT2D eigenvalue weighted by Gasteiger charge is -2.35. The zero-order valence-corrected chi connectivity index (χ0v) is 16.2. The number of anilines is 1. The van der Waals surface area contributed by atoms with Crippen LogP contribution in [0.15, 0.2) is 66.7 Å². The van der Waals surface area contributed by atoms with E-state index in [1.807, 2.05) is 59.5 Å². The number of methoxy groups -OCH3 is 1. The number of nitrogens with zero attached hydrogens (tertiary/aromatic N) is 4. The van der Waals surface area contributed by atoms with Crippen LogP contribution in [0.3, 0.4) is 0 Å². The van der Waals surface area contributed by atoms with Crippen LogP contribution < -0.4 is 14.4 Å². The number of carbonyl (C=O) groups excluding carboxylic acids is 1. The predicted molar refractivity (Wildman–Crippen MR) is 110 cm³/mol. The Labute approximate surface area is 169 Å². The molecule has 29 heavy (non-hydrogen) atoms. The first kappa shape index (κ1) is 18.7. The molecule has 1 fully saturated rings. The number of piperazine rings is 1. The van der Waals surface area contributed by atoms with Gasteiger partial charge in [-0.15, -0.1) is 10.2 Å². The summed E-state index contributed by atoms with van der Waals surface area (Å²) in [6, 6.07) is 20.5. The van der Waals surface area contributed by atoms with Gasteiger partial charge >= 0.3 is 0 Å². The normalized spacial score (nSPS) is 13.8. The van der Waals surface area contributed by atoms with E-state index < -0.39 is 0 Å². The number of hydrogen-bond acceptors (Lipinski definition) is 6. The Morgan fingerprint density at radius 3 is 2.28 bits per heavy atom. The first-order valence-electron chi connectivity index (χ1n) is 9.48. The maximum atomic E-state index is 12.8. The van der Waals surface area contributed by atoms with Crippen LogP contribution in [0.5, 0.6) is 17.4 Å². The number of aromatic nitrogens is 2. The van der Waals surface area contributed by atoms with Gasteiger partial charge in [-0.05, 0) is 30.3 Å². The molecule has 0 aliphatic carbocycles. The van der Waals surface area contributed by atoms with Crippen molar-refractivity contribution in [1.29, 1.82) is 0 Å². The lowest BCUT2D eigenvalue weighted by molar-refractivity contribution is 0.0743. The van der Waals surface area contributed by atoms with Crippen LogP contribution in [0.1, 0.15) is 10.4 Å². The van der Waals surface area contributed by atoms with E-state index in [2.05, 4.69) is 15.1 Å². The fourth-order valence-electron chi connectivity index (χ4n) is 3.28. The van der Waals surface area contributed by atoms with Crippen molar-refractivity contribution in [3.8, 4) is 17.4 Å². The highest BCUT2D eigenvalue weighted by Gasteiger charge is 2.24. The zero-order chi connectivity index (χ0) is 20.1. The van der Waals surface area contributed by atoms with E-state index in [1.165, 1.54) is 0 Å². The monoisotopic (exact) mass is 390 g/mol. The van der Waals surface area contributed by atoms with E-state index in [1.54, 1.807) is 19.2 Å². The number of carbonyl (C=O) groups is 1. The Balaban J connectivity index is 1.36.